The van der Waals surface area contributed by atoms with E-state index in [9.17, 15) is 4.79 Å². The third kappa shape index (κ3) is 4.42. The van der Waals surface area contributed by atoms with Gasteiger partial charge in [-0.3, -0.25) is 9.48 Å². The molecule has 1 amide bonds. The number of aromatic nitrogens is 3. The van der Waals surface area contributed by atoms with Crippen molar-refractivity contribution in [1.29, 1.82) is 0 Å². The van der Waals surface area contributed by atoms with Crippen LogP contribution >= 0.6 is 0 Å². The SMILES string of the molecule is O=C(c1cc(COc2ccccc2)on1)N1CCCC[C@H]1CCn1cccn1. The standard InChI is InChI=1S/C21H24N4O3/c26-21(20-15-19(28-23-20)16-27-18-8-2-1-3-9-18)25-13-5-4-7-17(25)10-14-24-12-6-11-22-24/h1-3,6,8-9,11-12,15,17H,4-5,7,10,13-14,16H2/t17-/m0/s1. The van der Waals surface area contributed by atoms with Crippen LogP contribution in [0.5, 0.6) is 5.75 Å². The second-order valence-corrected chi connectivity index (χ2v) is 6.99. The van der Waals surface area contributed by atoms with Crippen LogP contribution in [0.3, 0.4) is 0 Å². The fraction of sp³-hybridized carbons (Fsp3) is 0.381. The quantitative estimate of drug-likeness (QED) is 0.627. The van der Waals surface area contributed by atoms with E-state index in [1.165, 1.54) is 0 Å². The van der Waals surface area contributed by atoms with Crippen molar-refractivity contribution in [2.24, 2.45) is 0 Å². The second-order valence-electron chi connectivity index (χ2n) is 6.99. The van der Waals surface area contributed by atoms with Crippen molar-refractivity contribution in [2.45, 2.75) is 44.9 Å². The molecule has 3 aromatic rings. The number of nitrogens with zero attached hydrogens (tertiary/aromatic N) is 4. The predicted molar refractivity (Wildman–Crippen MR) is 103 cm³/mol. The van der Waals surface area contributed by atoms with Gasteiger partial charge in [0.2, 0.25) is 0 Å². The molecule has 2 aromatic heterocycles. The average Bonchev–Trinajstić information content (AvgIpc) is 3.43. The van der Waals surface area contributed by atoms with Gasteiger partial charge >= 0.3 is 0 Å². The van der Waals surface area contributed by atoms with Gasteiger partial charge in [-0.2, -0.15) is 5.10 Å². The van der Waals surface area contributed by atoms with Crippen molar-refractivity contribution < 1.29 is 14.1 Å². The number of aryl methyl sites for hydroxylation is 1. The maximum absolute atomic E-state index is 13.0. The summed E-state index contributed by atoms with van der Waals surface area (Å²) >= 11 is 0. The van der Waals surface area contributed by atoms with Gasteiger partial charge in [0.1, 0.15) is 12.4 Å². The Morgan fingerprint density at radius 1 is 1.21 bits per heavy atom. The Hall–Kier alpha value is -3.09. The minimum absolute atomic E-state index is 0.0696. The van der Waals surface area contributed by atoms with Crippen molar-refractivity contribution >= 4 is 5.91 Å². The third-order valence-corrected chi connectivity index (χ3v) is 5.04. The minimum Gasteiger partial charge on any atom is -0.486 e. The predicted octanol–water partition coefficient (Wildman–Crippen LogP) is 3.54. The maximum atomic E-state index is 13.0. The Labute approximate surface area is 163 Å². The molecule has 1 saturated heterocycles. The number of likely N-dealkylation sites (tertiary alicyclic amines) is 1. The number of benzene rings is 1. The van der Waals surface area contributed by atoms with Crippen molar-refractivity contribution in [3.8, 4) is 5.75 Å². The first-order valence-corrected chi connectivity index (χ1v) is 9.71. The molecule has 0 spiro atoms. The number of hydrogen-bond donors (Lipinski definition) is 0. The van der Waals surface area contributed by atoms with E-state index in [0.717, 1.165) is 44.5 Å². The Balaban J connectivity index is 1.37. The molecule has 4 rings (SSSR count). The van der Waals surface area contributed by atoms with Crippen LogP contribution in [-0.2, 0) is 13.2 Å². The first kappa shape index (κ1) is 18.3. The normalized spacial score (nSPS) is 16.9. The van der Waals surface area contributed by atoms with Gasteiger partial charge in [-0.25, -0.2) is 0 Å². The molecular weight excluding hydrogens is 356 g/mol. The fourth-order valence-electron chi connectivity index (χ4n) is 3.58. The number of hydrogen-bond acceptors (Lipinski definition) is 5. The van der Waals surface area contributed by atoms with Crippen LogP contribution in [0.1, 0.15) is 41.9 Å². The van der Waals surface area contributed by atoms with E-state index in [1.54, 1.807) is 12.3 Å². The third-order valence-electron chi connectivity index (χ3n) is 5.04. The number of rotatable bonds is 7. The van der Waals surface area contributed by atoms with Crippen LogP contribution < -0.4 is 4.74 Å². The topological polar surface area (TPSA) is 73.4 Å². The number of ether oxygens (including phenoxy) is 1. The molecular formula is C21H24N4O3. The summed E-state index contributed by atoms with van der Waals surface area (Å²) in [5.41, 5.74) is 0.345. The molecule has 0 aliphatic carbocycles. The zero-order valence-corrected chi connectivity index (χ0v) is 15.7. The summed E-state index contributed by atoms with van der Waals surface area (Å²) in [7, 11) is 0. The molecule has 146 valence electrons. The molecule has 1 aliphatic rings. The average molecular weight is 380 g/mol. The highest BCUT2D eigenvalue weighted by Crippen LogP contribution is 2.23. The lowest BCUT2D eigenvalue weighted by Crippen LogP contribution is -2.44. The number of piperidine rings is 1. The summed E-state index contributed by atoms with van der Waals surface area (Å²) in [4.78, 5) is 14.9. The van der Waals surface area contributed by atoms with Crippen molar-refractivity contribution in [1.82, 2.24) is 19.8 Å². The van der Waals surface area contributed by atoms with Gasteiger partial charge in [0, 0.05) is 37.6 Å². The summed E-state index contributed by atoms with van der Waals surface area (Å²) in [5, 5.41) is 8.23. The van der Waals surface area contributed by atoms with Gasteiger partial charge < -0.3 is 14.2 Å². The Kier molecular flexibility index (Phi) is 5.70. The highest BCUT2D eigenvalue weighted by atomic mass is 16.5. The molecule has 0 saturated carbocycles. The lowest BCUT2D eigenvalue weighted by atomic mass is 9.99. The molecule has 0 N–H and O–H groups in total. The van der Waals surface area contributed by atoms with Crippen molar-refractivity contribution in [2.75, 3.05) is 6.54 Å². The monoisotopic (exact) mass is 380 g/mol. The largest absolute Gasteiger partial charge is 0.486 e. The highest BCUT2D eigenvalue weighted by Gasteiger charge is 2.29. The summed E-state index contributed by atoms with van der Waals surface area (Å²) < 4.78 is 12.9. The van der Waals surface area contributed by atoms with Gasteiger partial charge in [-0.05, 0) is 43.9 Å². The second kappa shape index (κ2) is 8.73. The lowest BCUT2D eigenvalue weighted by molar-refractivity contribution is 0.0583. The molecule has 7 heteroatoms. The van der Waals surface area contributed by atoms with E-state index in [1.807, 2.05) is 52.2 Å². The van der Waals surface area contributed by atoms with Gasteiger partial charge in [0.05, 0.1) is 0 Å². The number of carbonyl (C=O) groups is 1. The number of para-hydroxylation sites is 1. The molecule has 3 heterocycles. The lowest BCUT2D eigenvalue weighted by Gasteiger charge is -2.35. The summed E-state index contributed by atoms with van der Waals surface area (Å²) in [6.45, 7) is 1.80. The first-order chi connectivity index (χ1) is 13.8. The number of carbonyl (C=O) groups excluding carboxylic acids is 1. The summed E-state index contributed by atoms with van der Waals surface area (Å²) in [6.07, 6.45) is 7.78. The fourth-order valence-corrected chi connectivity index (χ4v) is 3.58. The van der Waals surface area contributed by atoms with E-state index in [-0.39, 0.29) is 18.6 Å². The van der Waals surface area contributed by atoms with Crippen molar-refractivity contribution in [3.05, 3.63) is 66.3 Å². The zero-order valence-electron chi connectivity index (χ0n) is 15.7. The van der Waals surface area contributed by atoms with E-state index in [2.05, 4.69) is 10.3 Å². The molecule has 1 aromatic carbocycles. The van der Waals surface area contributed by atoms with E-state index < -0.39 is 0 Å². The molecule has 1 aliphatic heterocycles. The molecule has 0 unspecified atom stereocenters. The summed E-state index contributed by atoms with van der Waals surface area (Å²) in [5.74, 6) is 1.22. The van der Waals surface area contributed by atoms with Crippen LogP contribution in [0, 0.1) is 0 Å². The smallest absolute Gasteiger partial charge is 0.276 e. The Bertz CT molecular complexity index is 876. The van der Waals surface area contributed by atoms with Gasteiger partial charge in [0.15, 0.2) is 11.5 Å². The number of amides is 1. The van der Waals surface area contributed by atoms with Crippen LogP contribution in [0.15, 0.2) is 59.4 Å². The Morgan fingerprint density at radius 3 is 2.93 bits per heavy atom. The molecule has 0 radical (unpaired) electrons. The molecule has 0 bridgehead atoms. The van der Waals surface area contributed by atoms with Gasteiger partial charge in [0.25, 0.3) is 5.91 Å². The first-order valence-electron chi connectivity index (χ1n) is 9.71. The molecule has 1 fully saturated rings. The van der Waals surface area contributed by atoms with Crippen LogP contribution in [0.2, 0.25) is 0 Å². The molecule has 28 heavy (non-hydrogen) atoms. The Morgan fingerprint density at radius 2 is 2.11 bits per heavy atom. The van der Waals surface area contributed by atoms with E-state index in [0.29, 0.717) is 11.5 Å². The highest BCUT2D eigenvalue weighted by molar-refractivity contribution is 5.92. The van der Waals surface area contributed by atoms with E-state index >= 15 is 0 Å². The van der Waals surface area contributed by atoms with E-state index in [4.69, 9.17) is 9.26 Å². The van der Waals surface area contributed by atoms with Crippen LogP contribution in [-0.4, -0.2) is 38.3 Å². The maximum Gasteiger partial charge on any atom is 0.276 e. The zero-order chi connectivity index (χ0) is 19.2. The van der Waals surface area contributed by atoms with Gasteiger partial charge in [-0.15, -0.1) is 0 Å². The molecule has 1 atom stereocenters. The molecule has 7 nitrogen and oxygen atoms in total. The summed E-state index contributed by atoms with van der Waals surface area (Å²) in [6, 6.07) is 13.3. The minimum atomic E-state index is -0.0696. The van der Waals surface area contributed by atoms with Gasteiger partial charge in [-0.1, -0.05) is 23.4 Å². The van der Waals surface area contributed by atoms with Crippen molar-refractivity contribution in [3.63, 3.8) is 0 Å². The van der Waals surface area contributed by atoms with Crippen LogP contribution in [0.4, 0.5) is 0 Å². The van der Waals surface area contributed by atoms with Crippen LogP contribution in [0.25, 0.3) is 0 Å².